The first-order valence-electron chi connectivity index (χ1n) is 11.3. The Hall–Kier alpha value is -1.97. The monoisotopic (exact) mass is 416 g/mol. The Morgan fingerprint density at radius 2 is 1.57 bits per heavy atom. The number of rotatable bonds is 5. The molecule has 0 aliphatic heterocycles. The minimum Gasteiger partial charge on any atom is -0.494 e. The molecule has 0 N–H and O–H groups in total. The lowest BCUT2D eigenvalue weighted by molar-refractivity contribution is 0.114. The van der Waals surface area contributed by atoms with E-state index in [2.05, 4.69) is 6.92 Å². The Morgan fingerprint density at radius 1 is 0.867 bits per heavy atom. The molecule has 0 aromatic heterocycles. The van der Waals surface area contributed by atoms with Gasteiger partial charge in [-0.25, -0.2) is 13.2 Å². The third-order valence-electron chi connectivity index (χ3n) is 7.39. The first-order valence-corrected chi connectivity index (χ1v) is 11.3. The summed E-state index contributed by atoms with van der Waals surface area (Å²) in [5, 5.41) is 0. The molecule has 2 aromatic carbocycles. The second kappa shape index (κ2) is 9.03. The van der Waals surface area contributed by atoms with Crippen LogP contribution in [0.4, 0.5) is 13.2 Å². The predicted octanol–water partition coefficient (Wildman–Crippen LogP) is 7.88. The third kappa shape index (κ3) is 4.24. The fraction of sp³-hybridized carbons (Fsp3) is 0.538. The number of hydrogen-bond donors (Lipinski definition) is 0. The summed E-state index contributed by atoms with van der Waals surface area (Å²) >= 11 is 0. The minimum absolute atomic E-state index is 0.0570. The number of benzene rings is 2. The van der Waals surface area contributed by atoms with E-state index in [9.17, 15) is 13.2 Å². The Bertz CT molecular complexity index is 871. The Morgan fingerprint density at radius 3 is 2.23 bits per heavy atom. The molecular weight excluding hydrogens is 385 g/mol. The number of methoxy groups -OCH3 is 1. The van der Waals surface area contributed by atoms with Gasteiger partial charge in [-0.3, -0.25) is 0 Å². The van der Waals surface area contributed by atoms with Gasteiger partial charge in [-0.1, -0.05) is 32.3 Å². The van der Waals surface area contributed by atoms with Gasteiger partial charge in [0.1, 0.15) is 11.6 Å². The van der Waals surface area contributed by atoms with Crippen molar-refractivity contribution in [3.63, 3.8) is 0 Å². The molecule has 2 aromatic rings. The van der Waals surface area contributed by atoms with E-state index in [1.54, 1.807) is 0 Å². The van der Waals surface area contributed by atoms with Gasteiger partial charge in [-0.15, -0.1) is 0 Å². The highest BCUT2D eigenvalue weighted by Crippen LogP contribution is 2.48. The zero-order valence-corrected chi connectivity index (χ0v) is 17.9. The van der Waals surface area contributed by atoms with Gasteiger partial charge in [0.05, 0.1) is 12.7 Å². The van der Waals surface area contributed by atoms with Crippen LogP contribution in [0.2, 0.25) is 0 Å². The number of ether oxygens (including phenoxy) is 1. The van der Waals surface area contributed by atoms with Gasteiger partial charge >= 0.3 is 0 Å². The van der Waals surface area contributed by atoms with Crippen LogP contribution in [0, 0.1) is 35.2 Å². The summed E-state index contributed by atoms with van der Waals surface area (Å²) in [6.45, 7) is 2.26. The van der Waals surface area contributed by atoms with E-state index in [1.807, 2.05) is 0 Å². The van der Waals surface area contributed by atoms with Crippen molar-refractivity contribution >= 4 is 0 Å². The summed E-state index contributed by atoms with van der Waals surface area (Å²) in [6, 6.07) is 6.94. The normalized spacial score (nSPS) is 26.3. The van der Waals surface area contributed by atoms with Crippen molar-refractivity contribution in [2.45, 2.75) is 64.2 Å². The molecule has 4 rings (SSSR count). The third-order valence-corrected chi connectivity index (χ3v) is 7.39. The maximum atomic E-state index is 14.9. The van der Waals surface area contributed by atoms with Crippen LogP contribution in [-0.4, -0.2) is 7.11 Å². The molecule has 0 saturated heterocycles. The fourth-order valence-corrected chi connectivity index (χ4v) is 5.89. The molecular formula is C26H31F3O. The molecule has 30 heavy (non-hydrogen) atoms. The number of fused-ring (bicyclic) bond motifs is 1. The van der Waals surface area contributed by atoms with Gasteiger partial charge in [-0.05, 0) is 91.2 Å². The van der Waals surface area contributed by atoms with Crippen LogP contribution in [-0.2, 0) is 0 Å². The van der Waals surface area contributed by atoms with Crippen molar-refractivity contribution in [1.29, 1.82) is 0 Å². The topological polar surface area (TPSA) is 9.23 Å². The summed E-state index contributed by atoms with van der Waals surface area (Å²) in [7, 11) is 1.36. The molecule has 1 unspecified atom stereocenters. The fourth-order valence-electron chi connectivity index (χ4n) is 5.89. The van der Waals surface area contributed by atoms with Gasteiger partial charge in [-0.2, -0.15) is 0 Å². The Labute approximate surface area is 177 Å². The molecule has 0 bridgehead atoms. The van der Waals surface area contributed by atoms with Crippen LogP contribution >= 0.6 is 0 Å². The average Bonchev–Trinajstić information content (AvgIpc) is 2.73. The summed E-state index contributed by atoms with van der Waals surface area (Å²) in [6.07, 6.45) is 9.64. The predicted molar refractivity (Wildman–Crippen MR) is 114 cm³/mol. The molecule has 2 saturated carbocycles. The standard InChI is InChI=1S/C26H31F3O/c1-3-4-16-5-6-18-12-19(8-7-17(18)11-16)21-14-23(28)26(24(29)15-21)20-9-10-25(30-2)22(27)13-20/h9-10,13-19H,3-8,11-12H2,1-2H3/t16?,17-,18-,19-/m1/s1. The van der Waals surface area contributed by atoms with E-state index in [4.69, 9.17) is 4.74 Å². The van der Waals surface area contributed by atoms with E-state index < -0.39 is 17.5 Å². The molecule has 4 atom stereocenters. The van der Waals surface area contributed by atoms with Gasteiger partial charge in [0.15, 0.2) is 11.6 Å². The van der Waals surface area contributed by atoms with Crippen LogP contribution in [0.5, 0.6) is 5.75 Å². The Kier molecular flexibility index (Phi) is 6.40. The summed E-state index contributed by atoms with van der Waals surface area (Å²) in [5.41, 5.74) is 0.763. The van der Waals surface area contributed by atoms with E-state index in [1.165, 1.54) is 63.5 Å². The summed E-state index contributed by atoms with van der Waals surface area (Å²) < 4.78 is 48.8. The van der Waals surface area contributed by atoms with E-state index in [0.29, 0.717) is 5.92 Å². The molecule has 0 radical (unpaired) electrons. The first-order chi connectivity index (χ1) is 14.5. The van der Waals surface area contributed by atoms with Crippen molar-refractivity contribution < 1.29 is 17.9 Å². The van der Waals surface area contributed by atoms with E-state index >= 15 is 0 Å². The van der Waals surface area contributed by atoms with E-state index in [0.717, 1.165) is 42.7 Å². The second-order valence-corrected chi connectivity index (χ2v) is 9.21. The van der Waals surface area contributed by atoms with Gasteiger partial charge in [0.2, 0.25) is 0 Å². The zero-order valence-electron chi connectivity index (χ0n) is 17.9. The molecule has 0 amide bonds. The summed E-state index contributed by atoms with van der Waals surface area (Å²) in [4.78, 5) is 0. The average molecular weight is 417 g/mol. The lowest BCUT2D eigenvalue weighted by Crippen LogP contribution is -2.30. The van der Waals surface area contributed by atoms with Crippen LogP contribution in [0.1, 0.15) is 69.8 Å². The maximum absolute atomic E-state index is 14.9. The van der Waals surface area contributed by atoms with Gasteiger partial charge < -0.3 is 4.74 Å². The van der Waals surface area contributed by atoms with Crippen LogP contribution in [0.3, 0.4) is 0 Å². The Balaban J connectivity index is 1.52. The number of hydrogen-bond acceptors (Lipinski definition) is 1. The molecule has 2 aliphatic carbocycles. The van der Waals surface area contributed by atoms with Gasteiger partial charge in [0.25, 0.3) is 0 Å². The highest BCUT2D eigenvalue weighted by Gasteiger charge is 2.36. The molecule has 0 heterocycles. The molecule has 162 valence electrons. The van der Waals surface area contributed by atoms with Crippen molar-refractivity contribution in [2.24, 2.45) is 17.8 Å². The van der Waals surface area contributed by atoms with Crippen LogP contribution in [0.25, 0.3) is 11.1 Å². The number of halogens is 3. The van der Waals surface area contributed by atoms with E-state index in [-0.39, 0.29) is 22.8 Å². The quantitative estimate of drug-likeness (QED) is 0.482. The summed E-state index contributed by atoms with van der Waals surface area (Å²) in [5.74, 6) is 0.718. The maximum Gasteiger partial charge on any atom is 0.165 e. The smallest absolute Gasteiger partial charge is 0.165 e. The highest BCUT2D eigenvalue weighted by molar-refractivity contribution is 5.66. The molecule has 2 fully saturated rings. The molecule has 0 spiro atoms. The molecule has 1 nitrogen and oxygen atoms in total. The van der Waals surface area contributed by atoms with Crippen molar-refractivity contribution in [2.75, 3.05) is 7.11 Å². The first kappa shape index (κ1) is 21.3. The van der Waals surface area contributed by atoms with Crippen LogP contribution < -0.4 is 4.74 Å². The van der Waals surface area contributed by atoms with Crippen LogP contribution in [0.15, 0.2) is 30.3 Å². The second-order valence-electron chi connectivity index (χ2n) is 9.21. The molecule has 2 aliphatic rings. The largest absolute Gasteiger partial charge is 0.494 e. The van der Waals surface area contributed by atoms with Crippen molar-refractivity contribution in [3.05, 3.63) is 53.3 Å². The zero-order chi connectivity index (χ0) is 21.3. The van der Waals surface area contributed by atoms with Gasteiger partial charge in [0, 0.05) is 0 Å². The van der Waals surface area contributed by atoms with Crippen molar-refractivity contribution in [1.82, 2.24) is 0 Å². The van der Waals surface area contributed by atoms with Crippen molar-refractivity contribution in [3.8, 4) is 16.9 Å². The lowest BCUT2D eigenvalue weighted by atomic mass is 9.63. The highest BCUT2D eigenvalue weighted by atomic mass is 19.1. The minimum atomic E-state index is -0.630. The SMILES string of the molecule is CCCC1CC[C@@H]2C[C@H](c3cc(F)c(-c4ccc(OC)c(F)c4)c(F)c3)CC[C@@H]2C1. The molecule has 4 heteroatoms. The lowest BCUT2D eigenvalue weighted by Gasteiger charge is -2.42.